The molecule has 0 amide bonds. The van der Waals surface area contributed by atoms with Gasteiger partial charge in [-0.1, -0.05) is 30.6 Å². The van der Waals surface area contributed by atoms with Gasteiger partial charge in [0.2, 0.25) is 11.7 Å². The summed E-state index contributed by atoms with van der Waals surface area (Å²) >= 11 is 0. The first-order valence-corrected chi connectivity index (χ1v) is 6.40. The molecule has 6 heteroatoms. The predicted octanol–water partition coefficient (Wildman–Crippen LogP) is 2.68. The molecule has 0 spiro atoms. The minimum absolute atomic E-state index is 0.454. The molecule has 0 bridgehead atoms. The minimum atomic E-state index is -0.965. The molecule has 1 atom stereocenters. The molecule has 1 aromatic carbocycles. The standard InChI is InChI=1S/C14H16N2O4/c1-3-5-12(14(17)18)19-11-7-4-6-10(8-11)13-15-9(2)20-16-13/h4,6-8,12H,3,5H2,1-2H3,(H,17,18). The molecule has 2 rings (SSSR count). The number of nitrogens with zero attached hydrogens (tertiary/aromatic N) is 2. The Hall–Kier alpha value is -2.37. The van der Waals surface area contributed by atoms with E-state index in [-0.39, 0.29) is 0 Å². The molecule has 1 N–H and O–H groups in total. The van der Waals surface area contributed by atoms with Crippen LogP contribution in [0, 0.1) is 6.92 Å². The highest BCUT2D eigenvalue weighted by molar-refractivity contribution is 5.72. The zero-order valence-corrected chi connectivity index (χ0v) is 11.4. The maximum absolute atomic E-state index is 11.1. The molecule has 2 aromatic rings. The van der Waals surface area contributed by atoms with Gasteiger partial charge in [-0.15, -0.1) is 0 Å². The summed E-state index contributed by atoms with van der Waals surface area (Å²) < 4.78 is 10.4. The van der Waals surface area contributed by atoms with Crippen molar-refractivity contribution in [2.24, 2.45) is 0 Å². The second-order valence-corrected chi connectivity index (χ2v) is 4.40. The van der Waals surface area contributed by atoms with Crippen molar-refractivity contribution in [3.8, 4) is 17.1 Å². The first-order chi connectivity index (χ1) is 9.60. The number of hydrogen-bond acceptors (Lipinski definition) is 5. The SMILES string of the molecule is CCCC(Oc1cccc(-c2noc(C)n2)c1)C(=O)O. The minimum Gasteiger partial charge on any atom is -0.479 e. The van der Waals surface area contributed by atoms with Crippen LogP contribution in [0.15, 0.2) is 28.8 Å². The topological polar surface area (TPSA) is 85.5 Å². The van der Waals surface area contributed by atoms with E-state index in [1.165, 1.54) is 0 Å². The van der Waals surface area contributed by atoms with Gasteiger partial charge in [0.05, 0.1) is 0 Å². The van der Waals surface area contributed by atoms with Gasteiger partial charge in [0.15, 0.2) is 6.10 Å². The summed E-state index contributed by atoms with van der Waals surface area (Å²) in [5.74, 6) is 0.439. The average molecular weight is 276 g/mol. The first kappa shape index (κ1) is 14.0. The summed E-state index contributed by atoms with van der Waals surface area (Å²) in [6, 6.07) is 6.99. The predicted molar refractivity (Wildman–Crippen MR) is 71.4 cm³/mol. The van der Waals surface area contributed by atoms with Crippen LogP contribution in [0.3, 0.4) is 0 Å². The van der Waals surface area contributed by atoms with E-state index < -0.39 is 12.1 Å². The number of rotatable bonds is 6. The molecule has 1 unspecified atom stereocenters. The summed E-state index contributed by atoms with van der Waals surface area (Å²) in [6.07, 6.45) is 0.351. The molecular formula is C14H16N2O4. The lowest BCUT2D eigenvalue weighted by molar-refractivity contribution is -0.145. The number of aromatic nitrogens is 2. The number of benzene rings is 1. The first-order valence-electron chi connectivity index (χ1n) is 6.40. The van der Waals surface area contributed by atoms with Crippen LogP contribution in [-0.2, 0) is 4.79 Å². The zero-order valence-electron chi connectivity index (χ0n) is 11.4. The molecule has 0 aliphatic heterocycles. The highest BCUT2D eigenvalue weighted by Crippen LogP contribution is 2.23. The van der Waals surface area contributed by atoms with E-state index in [1.54, 1.807) is 25.1 Å². The Bertz CT molecular complexity index is 594. The van der Waals surface area contributed by atoms with Gasteiger partial charge in [-0.3, -0.25) is 0 Å². The fraction of sp³-hybridized carbons (Fsp3) is 0.357. The smallest absolute Gasteiger partial charge is 0.344 e. The van der Waals surface area contributed by atoms with Gasteiger partial charge in [0.1, 0.15) is 5.75 Å². The molecule has 106 valence electrons. The van der Waals surface area contributed by atoms with E-state index in [0.717, 1.165) is 12.0 Å². The molecule has 0 saturated heterocycles. The zero-order chi connectivity index (χ0) is 14.5. The Balaban J connectivity index is 2.19. The molecule has 0 fully saturated rings. The van der Waals surface area contributed by atoms with Crippen LogP contribution in [0.1, 0.15) is 25.7 Å². The van der Waals surface area contributed by atoms with E-state index >= 15 is 0 Å². The molecule has 6 nitrogen and oxygen atoms in total. The van der Waals surface area contributed by atoms with Crippen LogP contribution in [-0.4, -0.2) is 27.3 Å². The Morgan fingerprint density at radius 3 is 2.90 bits per heavy atom. The second kappa shape index (κ2) is 6.18. The summed E-state index contributed by atoms with van der Waals surface area (Å²) in [6.45, 7) is 3.62. The van der Waals surface area contributed by atoms with Crippen molar-refractivity contribution < 1.29 is 19.2 Å². The van der Waals surface area contributed by atoms with Crippen molar-refractivity contribution in [1.29, 1.82) is 0 Å². The van der Waals surface area contributed by atoms with Crippen molar-refractivity contribution in [3.63, 3.8) is 0 Å². The third kappa shape index (κ3) is 3.34. The lowest BCUT2D eigenvalue weighted by atomic mass is 10.2. The molecule has 1 aromatic heterocycles. The van der Waals surface area contributed by atoms with E-state index in [4.69, 9.17) is 14.4 Å². The van der Waals surface area contributed by atoms with E-state index in [1.807, 2.05) is 13.0 Å². The normalized spacial score (nSPS) is 12.1. The van der Waals surface area contributed by atoms with Crippen molar-refractivity contribution in [2.45, 2.75) is 32.8 Å². The number of aliphatic carboxylic acids is 1. The largest absolute Gasteiger partial charge is 0.479 e. The fourth-order valence-electron chi connectivity index (χ4n) is 1.78. The number of carboxylic acids is 1. The number of carbonyl (C=O) groups is 1. The van der Waals surface area contributed by atoms with Crippen molar-refractivity contribution in [1.82, 2.24) is 10.1 Å². The van der Waals surface area contributed by atoms with Crippen molar-refractivity contribution in [2.75, 3.05) is 0 Å². The molecule has 0 radical (unpaired) electrons. The second-order valence-electron chi connectivity index (χ2n) is 4.40. The summed E-state index contributed by atoms with van der Waals surface area (Å²) in [5.41, 5.74) is 0.722. The van der Waals surface area contributed by atoms with Gasteiger partial charge in [0.25, 0.3) is 0 Å². The molecule has 1 heterocycles. The molecule has 0 aliphatic rings. The van der Waals surface area contributed by atoms with Gasteiger partial charge in [-0.25, -0.2) is 4.79 Å². The number of ether oxygens (including phenoxy) is 1. The van der Waals surface area contributed by atoms with E-state index in [9.17, 15) is 4.79 Å². The maximum atomic E-state index is 11.1. The van der Waals surface area contributed by atoms with E-state index in [2.05, 4.69) is 10.1 Å². The highest BCUT2D eigenvalue weighted by Gasteiger charge is 2.18. The Labute approximate surface area is 116 Å². The summed E-state index contributed by atoms with van der Waals surface area (Å²) in [5, 5.41) is 12.9. The highest BCUT2D eigenvalue weighted by atomic mass is 16.5. The number of aryl methyl sites for hydroxylation is 1. The van der Waals surface area contributed by atoms with Gasteiger partial charge in [0, 0.05) is 12.5 Å². The quantitative estimate of drug-likeness (QED) is 0.873. The number of hydrogen-bond donors (Lipinski definition) is 1. The van der Waals surface area contributed by atoms with Crippen LogP contribution >= 0.6 is 0 Å². The van der Waals surface area contributed by atoms with Crippen LogP contribution < -0.4 is 4.74 Å². The van der Waals surface area contributed by atoms with Gasteiger partial charge in [-0.2, -0.15) is 4.98 Å². The van der Waals surface area contributed by atoms with Crippen LogP contribution in [0.4, 0.5) is 0 Å². The average Bonchev–Trinajstić information content (AvgIpc) is 2.85. The van der Waals surface area contributed by atoms with Gasteiger partial charge < -0.3 is 14.4 Å². The lowest BCUT2D eigenvalue weighted by Gasteiger charge is -2.14. The Morgan fingerprint density at radius 2 is 2.30 bits per heavy atom. The van der Waals surface area contributed by atoms with E-state index in [0.29, 0.717) is 23.9 Å². The maximum Gasteiger partial charge on any atom is 0.344 e. The lowest BCUT2D eigenvalue weighted by Crippen LogP contribution is -2.26. The Kier molecular flexibility index (Phi) is 4.34. The molecule has 0 saturated carbocycles. The third-order valence-corrected chi connectivity index (χ3v) is 2.72. The number of carboxylic acid groups (broad SMARTS) is 1. The monoisotopic (exact) mass is 276 g/mol. The van der Waals surface area contributed by atoms with Crippen molar-refractivity contribution in [3.05, 3.63) is 30.2 Å². The van der Waals surface area contributed by atoms with Gasteiger partial charge in [-0.05, 0) is 18.6 Å². The van der Waals surface area contributed by atoms with Gasteiger partial charge >= 0.3 is 5.97 Å². The Morgan fingerprint density at radius 1 is 1.50 bits per heavy atom. The molecule has 0 aliphatic carbocycles. The van der Waals surface area contributed by atoms with Crippen LogP contribution in [0.2, 0.25) is 0 Å². The van der Waals surface area contributed by atoms with Crippen LogP contribution in [0.25, 0.3) is 11.4 Å². The molecular weight excluding hydrogens is 260 g/mol. The molecule has 20 heavy (non-hydrogen) atoms. The van der Waals surface area contributed by atoms with Crippen molar-refractivity contribution >= 4 is 5.97 Å². The van der Waals surface area contributed by atoms with Crippen LogP contribution in [0.5, 0.6) is 5.75 Å². The summed E-state index contributed by atoms with van der Waals surface area (Å²) in [7, 11) is 0. The third-order valence-electron chi connectivity index (χ3n) is 2.72. The fourth-order valence-corrected chi connectivity index (χ4v) is 1.78. The summed E-state index contributed by atoms with van der Waals surface area (Å²) in [4.78, 5) is 15.2.